The number of nitrogens with zero attached hydrogens (tertiary/aromatic N) is 4. The van der Waals surface area contributed by atoms with Gasteiger partial charge >= 0.3 is 0 Å². The number of unbranched alkanes of at least 4 members (excludes halogenated alkanes) is 1. The monoisotopic (exact) mass is 595 g/mol. The molecule has 39 heavy (non-hydrogen) atoms. The fourth-order valence-electron chi connectivity index (χ4n) is 5.01. The Morgan fingerprint density at radius 2 is 1.97 bits per heavy atom. The van der Waals surface area contributed by atoms with E-state index in [1.807, 2.05) is 36.1 Å². The average molecular weight is 597 g/mol. The van der Waals surface area contributed by atoms with Crippen LogP contribution in [0.15, 0.2) is 24.3 Å². The second-order valence-corrected chi connectivity index (χ2v) is 11.2. The number of aryl methyl sites for hydroxylation is 1. The predicted molar refractivity (Wildman–Crippen MR) is 156 cm³/mol. The van der Waals surface area contributed by atoms with Gasteiger partial charge in [-0.15, -0.1) is 17.0 Å². The highest BCUT2D eigenvalue weighted by Crippen LogP contribution is 2.37. The molecular formula is C30H38BrN5O3. The Kier molecular flexibility index (Phi) is 9.89. The molecule has 4 rings (SSSR count). The molecule has 0 atom stereocenters. The summed E-state index contributed by atoms with van der Waals surface area (Å²) in [5.74, 6) is 0.995. The lowest BCUT2D eigenvalue weighted by Gasteiger charge is -2.30. The van der Waals surface area contributed by atoms with Crippen molar-refractivity contribution in [2.45, 2.75) is 78.3 Å². The van der Waals surface area contributed by atoms with Gasteiger partial charge in [-0.25, -0.2) is 4.98 Å². The first-order valence-corrected chi connectivity index (χ1v) is 13.4. The molecule has 208 valence electrons. The summed E-state index contributed by atoms with van der Waals surface area (Å²) in [4.78, 5) is 34.4. The number of nitriles is 1. The number of amides is 1. The van der Waals surface area contributed by atoms with Crippen LogP contribution in [0.3, 0.4) is 0 Å². The molecule has 8 nitrogen and oxygen atoms in total. The van der Waals surface area contributed by atoms with E-state index >= 15 is 0 Å². The van der Waals surface area contributed by atoms with E-state index in [1.165, 1.54) is 0 Å². The summed E-state index contributed by atoms with van der Waals surface area (Å²) in [5, 5.41) is 17.5. The van der Waals surface area contributed by atoms with E-state index in [0.717, 1.165) is 35.2 Å². The first kappa shape index (κ1) is 30.3. The molecule has 1 amide bonds. The maximum Gasteiger partial charge on any atom is 0.222 e. The number of hydrogen-bond acceptors (Lipinski definition) is 6. The topological polar surface area (TPSA) is 110 Å². The van der Waals surface area contributed by atoms with Gasteiger partial charge in [0, 0.05) is 60.4 Å². The van der Waals surface area contributed by atoms with Gasteiger partial charge in [0.15, 0.2) is 5.78 Å². The van der Waals surface area contributed by atoms with Gasteiger partial charge in [-0.2, -0.15) is 5.26 Å². The highest BCUT2D eigenvalue weighted by Gasteiger charge is 2.30. The van der Waals surface area contributed by atoms with Crippen LogP contribution >= 0.6 is 17.0 Å². The van der Waals surface area contributed by atoms with Gasteiger partial charge in [-0.3, -0.25) is 15.0 Å². The maximum absolute atomic E-state index is 13.6. The zero-order valence-electron chi connectivity index (χ0n) is 23.3. The lowest BCUT2D eigenvalue weighted by molar-refractivity contribution is -0.133. The van der Waals surface area contributed by atoms with Crippen molar-refractivity contribution >= 4 is 34.5 Å². The average Bonchev–Trinajstić information content (AvgIpc) is 3.17. The Labute approximate surface area is 241 Å². The number of hydrogen-bond donors (Lipinski definition) is 1. The molecule has 1 saturated heterocycles. The zero-order chi connectivity index (χ0) is 27.4. The summed E-state index contributed by atoms with van der Waals surface area (Å²) < 4.78 is 6.26. The van der Waals surface area contributed by atoms with Gasteiger partial charge < -0.3 is 14.5 Å². The molecule has 3 heterocycles. The van der Waals surface area contributed by atoms with Crippen molar-refractivity contribution in [3.8, 4) is 11.8 Å². The van der Waals surface area contributed by atoms with Crippen molar-refractivity contribution in [3.05, 3.63) is 57.9 Å². The Morgan fingerprint density at radius 1 is 1.21 bits per heavy atom. The normalized spacial score (nSPS) is 15.1. The number of likely N-dealkylation sites (tertiary alicyclic amines) is 1. The predicted octanol–water partition coefficient (Wildman–Crippen LogP) is 5.48. The standard InChI is InChI=1S/C30H37N5O3.BrH/c1-20-10-11-21-17-35(29(32)27(21)33-20)19-25(36)22-15-23(18-34-13-7-5-9-26(34)37)28(38-14-8-6-12-31)24(16-22)30(2,3)4;/h10-11,15-16,32H,5-9,13-14,17-19H2,1-4H3;1H. The molecule has 1 N–H and O–H groups in total. The number of piperidine rings is 1. The molecule has 0 unspecified atom stereocenters. The molecule has 0 aliphatic carbocycles. The molecule has 0 saturated carbocycles. The van der Waals surface area contributed by atoms with Crippen molar-refractivity contribution in [2.75, 3.05) is 19.7 Å². The smallest absolute Gasteiger partial charge is 0.222 e. The summed E-state index contributed by atoms with van der Waals surface area (Å²) in [6.45, 7) is 10.1. The van der Waals surface area contributed by atoms with E-state index in [0.29, 0.717) is 62.5 Å². The molecule has 2 aliphatic rings. The van der Waals surface area contributed by atoms with E-state index in [9.17, 15) is 9.59 Å². The summed E-state index contributed by atoms with van der Waals surface area (Å²) in [6, 6.07) is 9.81. The number of carbonyl (C=O) groups is 2. The Bertz CT molecular complexity index is 1290. The van der Waals surface area contributed by atoms with Gasteiger partial charge in [0.2, 0.25) is 5.91 Å². The van der Waals surface area contributed by atoms with Gasteiger partial charge in [0.05, 0.1) is 19.2 Å². The van der Waals surface area contributed by atoms with Gasteiger partial charge in [0.1, 0.15) is 17.3 Å². The lowest BCUT2D eigenvalue weighted by Crippen LogP contribution is -2.35. The fraction of sp³-hybridized carbons (Fsp3) is 0.500. The van der Waals surface area contributed by atoms with Gasteiger partial charge in [0.25, 0.3) is 0 Å². The zero-order valence-corrected chi connectivity index (χ0v) is 25.0. The first-order valence-electron chi connectivity index (χ1n) is 13.4. The number of ketones is 1. The third kappa shape index (κ3) is 7.04. The van der Waals surface area contributed by atoms with Crippen molar-refractivity contribution in [2.24, 2.45) is 0 Å². The number of Topliss-reactive ketones (excluding diaryl/α,β-unsaturated/α-hetero) is 1. The number of amidine groups is 1. The number of fused-ring (bicyclic) bond motifs is 1. The van der Waals surface area contributed by atoms with E-state index in [1.54, 1.807) is 4.90 Å². The molecule has 2 aliphatic heterocycles. The van der Waals surface area contributed by atoms with Crippen molar-refractivity contribution in [3.63, 3.8) is 0 Å². The number of aromatic nitrogens is 1. The molecule has 9 heteroatoms. The highest BCUT2D eigenvalue weighted by molar-refractivity contribution is 8.93. The molecule has 1 aromatic carbocycles. The molecule has 0 bridgehead atoms. The SMILES string of the molecule is Br.Cc1ccc2c(n1)C(=N)N(CC(=O)c1cc(CN3CCCCC3=O)c(OCCCC#N)c(C(C)(C)C)c1)C2. The molecule has 0 spiro atoms. The lowest BCUT2D eigenvalue weighted by atomic mass is 9.83. The summed E-state index contributed by atoms with van der Waals surface area (Å²) >= 11 is 0. The van der Waals surface area contributed by atoms with E-state index in [2.05, 4.69) is 31.8 Å². The minimum Gasteiger partial charge on any atom is -0.493 e. The van der Waals surface area contributed by atoms with Crippen LogP contribution in [0, 0.1) is 23.7 Å². The van der Waals surface area contributed by atoms with E-state index < -0.39 is 0 Å². The molecule has 1 aromatic heterocycles. The Morgan fingerprint density at radius 3 is 2.67 bits per heavy atom. The van der Waals surface area contributed by atoms with Crippen molar-refractivity contribution < 1.29 is 14.3 Å². The summed E-state index contributed by atoms with van der Waals surface area (Å²) in [7, 11) is 0. The number of rotatable bonds is 9. The molecule has 1 fully saturated rings. The summed E-state index contributed by atoms with van der Waals surface area (Å²) in [5.41, 5.74) is 4.37. The number of benzene rings is 1. The number of ether oxygens (including phenoxy) is 1. The van der Waals surface area contributed by atoms with Crippen LogP contribution < -0.4 is 4.74 Å². The minimum atomic E-state index is -0.320. The number of pyridine rings is 1. The van der Waals surface area contributed by atoms with Crippen LogP contribution in [0.4, 0.5) is 0 Å². The number of halogens is 1. The second kappa shape index (κ2) is 12.7. The minimum absolute atomic E-state index is 0. The maximum atomic E-state index is 13.6. The first-order chi connectivity index (χ1) is 18.1. The van der Waals surface area contributed by atoms with Crippen LogP contribution in [-0.4, -0.2) is 52.0 Å². The molecule has 0 radical (unpaired) electrons. The number of nitrogens with one attached hydrogen (secondary N) is 1. The third-order valence-electron chi connectivity index (χ3n) is 7.11. The van der Waals surface area contributed by atoms with Gasteiger partial charge in [-0.1, -0.05) is 26.8 Å². The largest absolute Gasteiger partial charge is 0.493 e. The molecule has 2 aromatic rings. The third-order valence-corrected chi connectivity index (χ3v) is 7.11. The Hall–Kier alpha value is -3.25. The summed E-state index contributed by atoms with van der Waals surface area (Å²) in [6.07, 6.45) is 3.40. The van der Waals surface area contributed by atoms with Crippen LogP contribution in [0.25, 0.3) is 0 Å². The fourth-order valence-corrected chi connectivity index (χ4v) is 5.01. The van der Waals surface area contributed by atoms with Crippen LogP contribution in [-0.2, 0) is 23.3 Å². The Balaban J connectivity index is 0.00000420. The second-order valence-electron chi connectivity index (χ2n) is 11.2. The van der Waals surface area contributed by atoms with Gasteiger partial charge in [-0.05, 0) is 49.8 Å². The highest BCUT2D eigenvalue weighted by atomic mass is 79.9. The molecular weight excluding hydrogens is 558 g/mol. The van der Waals surface area contributed by atoms with Crippen LogP contribution in [0.1, 0.15) is 91.3 Å². The number of carbonyl (C=O) groups excluding carboxylic acids is 2. The quantitative estimate of drug-likeness (QED) is 0.303. The van der Waals surface area contributed by atoms with Crippen LogP contribution in [0.2, 0.25) is 0 Å². The van der Waals surface area contributed by atoms with Crippen molar-refractivity contribution in [1.29, 1.82) is 10.7 Å². The van der Waals surface area contributed by atoms with Crippen LogP contribution in [0.5, 0.6) is 5.75 Å². The van der Waals surface area contributed by atoms with E-state index in [4.69, 9.17) is 15.4 Å². The van der Waals surface area contributed by atoms with Crippen molar-refractivity contribution in [1.82, 2.24) is 14.8 Å². The van der Waals surface area contributed by atoms with E-state index in [-0.39, 0.29) is 46.5 Å².